The minimum Gasteiger partial charge on any atom is -0.488 e. The van der Waals surface area contributed by atoms with Crippen LogP contribution in [0.3, 0.4) is 0 Å². The molecule has 3 amide bonds. The van der Waals surface area contributed by atoms with Crippen molar-refractivity contribution in [3.05, 3.63) is 83.9 Å². The molecule has 3 atom stereocenters. The number of nitrogens with zero attached hydrogens (tertiary/aromatic N) is 2. The number of aliphatic hydroxyl groups is 1. The molecule has 8 heteroatoms. The summed E-state index contributed by atoms with van der Waals surface area (Å²) in [6.45, 7) is 5.66. The standard InChI is InChI=1S/C36H46N4O4/c1-25-21-40(26(2)24-41)35(42)32-20-31(38-36(43)37-30-12-8-5-9-13-30)18-19-33(32)44-34(25)23-39(3)22-27-14-16-29(17-15-27)28-10-6-4-7-11-28/h4,6-7,10-11,14-20,25-26,30,34,41H,5,8-9,12-13,21-24H2,1-3H3,(H2,37,38,43)/t25-,26+,34+/m0/s1. The van der Waals surface area contributed by atoms with Crippen LogP contribution in [0.4, 0.5) is 10.5 Å². The summed E-state index contributed by atoms with van der Waals surface area (Å²) in [7, 11) is 2.08. The molecule has 3 N–H and O–H groups in total. The van der Waals surface area contributed by atoms with Crippen molar-refractivity contribution in [3.8, 4) is 16.9 Å². The van der Waals surface area contributed by atoms with Crippen molar-refractivity contribution in [1.29, 1.82) is 0 Å². The molecule has 5 rings (SSSR count). The second-order valence-electron chi connectivity index (χ2n) is 12.5. The van der Waals surface area contributed by atoms with Crippen LogP contribution in [0, 0.1) is 5.92 Å². The van der Waals surface area contributed by atoms with Crippen molar-refractivity contribution < 1.29 is 19.4 Å². The minimum atomic E-state index is -0.358. The van der Waals surface area contributed by atoms with Gasteiger partial charge in [0.25, 0.3) is 5.91 Å². The van der Waals surface area contributed by atoms with Gasteiger partial charge < -0.3 is 25.4 Å². The monoisotopic (exact) mass is 598 g/mol. The number of hydrogen-bond acceptors (Lipinski definition) is 5. The number of rotatable bonds is 9. The number of ether oxygens (including phenoxy) is 1. The fraction of sp³-hybridized carbons (Fsp3) is 0.444. The van der Waals surface area contributed by atoms with Crippen LogP contribution in [0.1, 0.15) is 61.9 Å². The first-order valence-corrected chi connectivity index (χ1v) is 15.9. The van der Waals surface area contributed by atoms with E-state index in [1.807, 2.05) is 25.1 Å². The molecule has 0 aromatic heterocycles. The van der Waals surface area contributed by atoms with Crippen LogP contribution in [0.2, 0.25) is 0 Å². The van der Waals surface area contributed by atoms with Crippen molar-refractivity contribution in [2.75, 3.05) is 32.1 Å². The number of likely N-dealkylation sites (N-methyl/N-ethyl adjacent to an activating group) is 1. The molecule has 0 radical (unpaired) electrons. The maximum absolute atomic E-state index is 13.8. The molecule has 234 valence electrons. The average Bonchev–Trinajstić information content (AvgIpc) is 3.04. The zero-order valence-corrected chi connectivity index (χ0v) is 26.2. The van der Waals surface area contributed by atoms with Gasteiger partial charge in [-0.2, -0.15) is 0 Å². The molecule has 0 saturated heterocycles. The zero-order chi connectivity index (χ0) is 31.1. The lowest BCUT2D eigenvalue weighted by Gasteiger charge is -2.38. The molecule has 3 aromatic rings. The van der Waals surface area contributed by atoms with E-state index in [0.717, 1.165) is 32.2 Å². The summed E-state index contributed by atoms with van der Waals surface area (Å²) in [6.07, 6.45) is 5.26. The zero-order valence-electron chi connectivity index (χ0n) is 26.2. The normalized spacial score (nSPS) is 19.8. The summed E-state index contributed by atoms with van der Waals surface area (Å²) < 4.78 is 6.57. The maximum atomic E-state index is 13.8. The van der Waals surface area contributed by atoms with Gasteiger partial charge in [-0.05, 0) is 61.7 Å². The number of fused-ring (bicyclic) bond motifs is 1. The molecule has 44 heavy (non-hydrogen) atoms. The summed E-state index contributed by atoms with van der Waals surface area (Å²) in [6, 6.07) is 23.8. The Morgan fingerprint density at radius 3 is 2.43 bits per heavy atom. The number of urea groups is 1. The highest BCUT2D eigenvalue weighted by Crippen LogP contribution is 2.31. The predicted octanol–water partition coefficient (Wildman–Crippen LogP) is 6.16. The Balaban J connectivity index is 1.30. The van der Waals surface area contributed by atoms with Crippen molar-refractivity contribution in [2.45, 2.75) is 70.7 Å². The largest absolute Gasteiger partial charge is 0.488 e. The second-order valence-corrected chi connectivity index (χ2v) is 12.5. The number of amides is 3. The van der Waals surface area contributed by atoms with Crippen LogP contribution < -0.4 is 15.4 Å². The smallest absolute Gasteiger partial charge is 0.319 e. The Bertz CT molecular complexity index is 1390. The number of nitrogens with one attached hydrogen (secondary N) is 2. The van der Waals surface area contributed by atoms with E-state index in [-0.39, 0.29) is 42.7 Å². The Kier molecular flexibility index (Phi) is 10.6. The van der Waals surface area contributed by atoms with Crippen LogP contribution in [-0.2, 0) is 6.54 Å². The minimum absolute atomic E-state index is 0.0167. The van der Waals surface area contributed by atoms with E-state index < -0.39 is 0 Å². The van der Waals surface area contributed by atoms with E-state index in [9.17, 15) is 14.7 Å². The molecular weight excluding hydrogens is 552 g/mol. The third-order valence-corrected chi connectivity index (χ3v) is 8.87. The number of benzene rings is 3. The molecule has 0 unspecified atom stereocenters. The van der Waals surface area contributed by atoms with Crippen LogP contribution in [-0.4, -0.2) is 71.8 Å². The lowest BCUT2D eigenvalue weighted by molar-refractivity contribution is 0.0341. The maximum Gasteiger partial charge on any atom is 0.319 e. The van der Waals surface area contributed by atoms with E-state index in [1.54, 1.807) is 23.1 Å². The number of hydrogen-bond donors (Lipinski definition) is 3. The van der Waals surface area contributed by atoms with E-state index in [1.165, 1.54) is 23.1 Å². The van der Waals surface area contributed by atoms with E-state index >= 15 is 0 Å². The first kappa shape index (κ1) is 31.5. The third-order valence-electron chi connectivity index (χ3n) is 8.87. The average molecular weight is 599 g/mol. The van der Waals surface area contributed by atoms with Crippen LogP contribution in [0.5, 0.6) is 5.75 Å². The van der Waals surface area contributed by atoms with Gasteiger partial charge in [-0.1, -0.05) is 80.8 Å². The number of aliphatic hydroxyl groups excluding tert-OH is 1. The second kappa shape index (κ2) is 14.7. The highest BCUT2D eigenvalue weighted by molar-refractivity contribution is 5.99. The molecule has 1 aliphatic heterocycles. The molecular formula is C36H46N4O4. The van der Waals surface area contributed by atoms with Gasteiger partial charge in [0.2, 0.25) is 0 Å². The molecule has 0 bridgehead atoms. The van der Waals surface area contributed by atoms with Gasteiger partial charge >= 0.3 is 6.03 Å². The molecule has 3 aromatic carbocycles. The summed E-state index contributed by atoms with van der Waals surface area (Å²) >= 11 is 0. The van der Waals surface area contributed by atoms with Crippen LogP contribution in [0.25, 0.3) is 11.1 Å². The van der Waals surface area contributed by atoms with Gasteiger partial charge in [0.15, 0.2) is 0 Å². The van der Waals surface area contributed by atoms with Crippen molar-refractivity contribution in [2.24, 2.45) is 5.92 Å². The van der Waals surface area contributed by atoms with Crippen molar-refractivity contribution in [1.82, 2.24) is 15.1 Å². The summed E-state index contributed by atoms with van der Waals surface area (Å²) in [4.78, 5) is 30.5. The quantitative estimate of drug-likeness (QED) is 0.274. The highest BCUT2D eigenvalue weighted by Gasteiger charge is 2.33. The first-order chi connectivity index (χ1) is 21.3. The lowest BCUT2D eigenvalue weighted by atomic mass is 9.96. The fourth-order valence-electron chi connectivity index (χ4n) is 6.23. The van der Waals surface area contributed by atoms with E-state index in [2.05, 4.69) is 65.9 Å². The molecule has 1 aliphatic carbocycles. The van der Waals surface area contributed by atoms with Gasteiger partial charge in [-0.3, -0.25) is 9.69 Å². The van der Waals surface area contributed by atoms with Gasteiger partial charge in [-0.25, -0.2) is 4.79 Å². The summed E-state index contributed by atoms with van der Waals surface area (Å²) in [5.41, 5.74) is 4.51. The van der Waals surface area contributed by atoms with Gasteiger partial charge in [0, 0.05) is 37.3 Å². The lowest BCUT2D eigenvalue weighted by Crippen LogP contribution is -2.49. The Morgan fingerprint density at radius 2 is 1.73 bits per heavy atom. The molecule has 1 saturated carbocycles. The van der Waals surface area contributed by atoms with Crippen molar-refractivity contribution >= 4 is 17.6 Å². The summed E-state index contributed by atoms with van der Waals surface area (Å²) in [5.74, 6) is 0.290. The SMILES string of the molecule is C[C@H](CO)N1C[C@H](C)[C@@H](CN(C)Cc2ccc(-c3ccccc3)cc2)Oc2ccc(NC(=O)NC3CCCCC3)cc2C1=O. The molecule has 1 heterocycles. The fourth-order valence-corrected chi connectivity index (χ4v) is 6.23. The number of anilines is 1. The number of carbonyl (C=O) groups is 2. The Hall–Kier alpha value is -3.88. The Labute approximate surface area is 261 Å². The van der Waals surface area contributed by atoms with Gasteiger partial charge in [0.05, 0.1) is 18.2 Å². The van der Waals surface area contributed by atoms with Gasteiger partial charge in [-0.15, -0.1) is 0 Å². The Morgan fingerprint density at radius 1 is 1.02 bits per heavy atom. The molecule has 0 spiro atoms. The predicted molar refractivity (Wildman–Crippen MR) is 175 cm³/mol. The van der Waals surface area contributed by atoms with Crippen LogP contribution >= 0.6 is 0 Å². The van der Waals surface area contributed by atoms with Crippen molar-refractivity contribution in [3.63, 3.8) is 0 Å². The van der Waals surface area contributed by atoms with Gasteiger partial charge in [0.1, 0.15) is 11.9 Å². The third kappa shape index (κ3) is 7.98. The topological polar surface area (TPSA) is 94.1 Å². The number of carbonyl (C=O) groups excluding carboxylic acids is 2. The summed E-state index contributed by atoms with van der Waals surface area (Å²) in [5, 5.41) is 16.0. The highest BCUT2D eigenvalue weighted by atomic mass is 16.5. The molecule has 8 nitrogen and oxygen atoms in total. The van der Waals surface area contributed by atoms with Crippen LogP contribution in [0.15, 0.2) is 72.8 Å². The molecule has 2 aliphatic rings. The van der Waals surface area contributed by atoms with E-state index in [0.29, 0.717) is 30.1 Å². The van der Waals surface area contributed by atoms with E-state index in [4.69, 9.17) is 4.74 Å². The first-order valence-electron chi connectivity index (χ1n) is 15.9. The molecule has 1 fully saturated rings.